The monoisotopic (exact) mass is 853 g/mol. The van der Waals surface area contributed by atoms with E-state index in [0.29, 0.717) is 42.9 Å². The molecule has 0 spiro atoms. The number of nitrogens with zero attached hydrogens (tertiary/aromatic N) is 7. The Balaban J connectivity index is 1.18. The lowest BCUT2D eigenvalue weighted by Crippen LogP contribution is -2.42. The van der Waals surface area contributed by atoms with E-state index < -0.39 is 14.3 Å². The number of hydrogen-bond acceptors (Lipinski definition) is 8. The van der Waals surface area contributed by atoms with Crippen molar-refractivity contribution >= 4 is 103 Å². The molecule has 0 N–H and O–H groups in total. The third-order valence-electron chi connectivity index (χ3n) is 12.0. The average molecular weight is 853 g/mol. The highest BCUT2D eigenvalue weighted by atomic mass is 31.2. The fourth-order valence-corrected chi connectivity index (χ4v) is 14.0. The van der Waals surface area contributed by atoms with Gasteiger partial charge in [-0.3, -0.25) is 14.5 Å². The van der Waals surface area contributed by atoms with Crippen molar-refractivity contribution in [2.24, 2.45) is 0 Å². The van der Waals surface area contributed by atoms with Crippen LogP contribution in [0.1, 0.15) is 0 Å². The van der Waals surface area contributed by atoms with Crippen molar-refractivity contribution in [1.82, 2.24) is 34.9 Å². The van der Waals surface area contributed by atoms with Crippen molar-refractivity contribution in [3.8, 4) is 5.95 Å². The molecule has 0 aliphatic heterocycles. The Hall–Kier alpha value is -7.05. The van der Waals surface area contributed by atoms with Crippen LogP contribution in [0.15, 0.2) is 201 Å². The fourth-order valence-electron chi connectivity index (χ4n) is 8.65. The van der Waals surface area contributed by atoms with E-state index in [1.165, 1.54) is 6.33 Å². The second-order valence-electron chi connectivity index (χ2n) is 15.6. The minimum atomic E-state index is -3.50. The van der Waals surface area contributed by atoms with Gasteiger partial charge in [-0.25, -0.2) is 0 Å². The molecule has 302 valence electrons. The highest BCUT2D eigenvalue weighted by molar-refractivity contribution is 7.85. The first-order valence-corrected chi connectivity index (χ1v) is 24.2. The molecule has 2 atom stereocenters. The largest absolute Gasteiger partial charge is 0.309 e. The van der Waals surface area contributed by atoms with Gasteiger partial charge < -0.3 is 9.13 Å². The molecule has 2 unspecified atom stereocenters. The molecule has 0 aliphatic carbocycles. The predicted molar refractivity (Wildman–Crippen MR) is 261 cm³/mol. The van der Waals surface area contributed by atoms with Crippen LogP contribution in [0, 0.1) is 0 Å². The summed E-state index contributed by atoms with van der Waals surface area (Å²) in [5.41, 5.74) is 5.32. The first-order valence-electron chi connectivity index (χ1n) is 20.8. The molecule has 6 aromatic carbocycles. The van der Waals surface area contributed by atoms with E-state index in [-0.39, 0.29) is 19.4 Å². The number of fused-ring (bicyclic) bond motifs is 3. The topological polar surface area (TPSA) is 116 Å². The second-order valence-corrected chi connectivity index (χ2v) is 21.2. The average Bonchev–Trinajstić information content (AvgIpc) is 3.70. The maximum absolute atomic E-state index is 16.2. The maximum Gasteiger partial charge on any atom is 0.273 e. The van der Waals surface area contributed by atoms with Gasteiger partial charge in [0.2, 0.25) is 13.4 Å². The Morgan fingerprint density at radius 3 is 1.27 bits per heavy atom. The first kappa shape index (κ1) is 40.0. The molecule has 10 aromatic rings. The maximum atomic E-state index is 16.2. The Morgan fingerprint density at radius 2 is 0.841 bits per heavy atom. The van der Waals surface area contributed by atoms with E-state index >= 15 is 9.13 Å². The van der Waals surface area contributed by atoms with Crippen molar-refractivity contribution in [2.75, 3.05) is 0 Å². The van der Waals surface area contributed by atoms with Crippen molar-refractivity contribution in [3.05, 3.63) is 201 Å². The zero-order chi connectivity index (χ0) is 43.0. The molecule has 13 heteroatoms. The van der Waals surface area contributed by atoms with E-state index in [2.05, 4.69) is 68.3 Å². The molecule has 0 saturated carbocycles. The van der Waals surface area contributed by atoms with Gasteiger partial charge in [0.05, 0.1) is 11.0 Å². The van der Waals surface area contributed by atoms with E-state index in [4.69, 9.17) is 0 Å². The second kappa shape index (κ2) is 16.7. The Labute approximate surface area is 366 Å². The molecule has 0 radical (unpaired) electrons. The molecular formula is C50H39B2N7O2P2. The summed E-state index contributed by atoms with van der Waals surface area (Å²) in [6, 6.07) is 59.2. The van der Waals surface area contributed by atoms with Crippen LogP contribution >= 0.6 is 14.3 Å². The molecule has 4 heterocycles. The van der Waals surface area contributed by atoms with Gasteiger partial charge in [0.15, 0.2) is 20.6 Å². The zero-order valence-corrected chi connectivity index (χ0v) is 36.3. The van der Waals surface area contributed by atoms with Gasteiger partial charge in [-0.05, 0) is 36.4 Å². The lowest BCUT2D eigenvalue weighted by Gasteiger charge is -2.22. The van der Waals surface area contributed by atoms with Crippen molar-refractivity contribution in [2.45, 2.75) is 13.6 Å². The van der Waals surface area contributed by atoms with Crippen LogP contribution in [0.3, 0.4) is 0 Å². The van der Waals surface area contributed by atoms with Crippen molar-refractivity contribution in [3.63, 3.8) is 0 Å². The van der Waals surface area contributed by atoms with Crippen LogP contribution in [0.25, 0.3) is 27.8 Å². The molecule has 10 rings (SSSR count). The first-order chi connectivity index (χ1) is 30.8. The SMILES string of the molecule is CB(c1cccc(P(=O)(c2ccccc2)c2ccc3c4ccc(P(=O)(c5ccccc5)c5cccc(B(C)c6ccccn6)c5)cc4n(-c4nncnn4)c3c2)c1)c1ccccn1. The van der Waals surface area contributed by atoms with Gasteiger partial charge in [-0.2, -0.15) is 0 Å². The van der Waals surface area contributed by atoms with Crippen molar-refractivity contribution < 1.29 is 9.13 Å². The molecule has 63 heavy (non-hydrogen) atoms. The Bertz CT molecular complexity index is 3140. The van der Waals surface area contributed by atoms with Crippen LogP contribution < -0.4 is 53.9 Å². The number of hydrogen-bond donors (Lipinski definition) is 0. The lowest BCUT2D eigenvalue weighted by molar-refractivity contribution is 0.591. The summed E-state index contributed by atoms with van der Waals surface area (Å²) in [5, 5.41) is 23.0. The van der Waals surface area contributed by atoms with Crippen LogP contribution in [-0.4, -0.2) is 48.4 Å². The van der Waals surface area contributed by atoms with Gasteiger partial charge in [-0.15, -0.1) is 20.4 Å². The van der Waals surface area contributed by atoms with E-state index in [0.717, 1.165) is 32.9 Å². The molecular weight excluding hydrogens is 814 g/mol. The molecule has 4 aromatic heterocycles. The summed E-state index contributed by atoms with van der Waals surface area (Å²) in [4.78, 5) is 9.24. The van der Waals surface area contributed by atoms with Crippen LogP contribution in [-0.2, 0) is 9.13 Å². The van der Waals surface area contributed by atoms with E-state index in [1.54, 1.807) is 12.4 Å². The summed E-state index contributed by atoms with van der Waals surface area (Å²) in [6.45, 7) is 4.18. The Morgan fingerprint density at radius 1 is 0.429 bits per heavy atom. The van der Waals surface area contributed by atoms with Gasteiger partial charge in [-0.1, -0.05) is 170 Å². The van der Waals surface area contributed by atoms with Crippen LogP contribution in [0.5, 0.6) is 0 Å². The summed E-state index contributed by atoms with van der Waals surface area (Å²) in [5.74, 6) is 0.230. The minimum absolute atomic E-state index is 0.0246. The molecule has 0 saturated heterocycles. The number of aromatic nitrogens is 7. The third kappa shape index (κ3) is 7.13. The molecule has 0 amide bonds. The van der Waals surface area contributed by atoms with Gasteiger partial charge in [0.25, 0.3) is 5.95 Å². The molecule has 9 nitrogen and oxygen atoms in total. The Kier molecular flexibility index (Phi) is 10.6. The number of benzene rings is 6. The lowest BCUT2D eigenvalue weighted by atomic mass is 9.44. The smallest absolute Gasteiger partial charge is 0.273 e. The van der Waals surface area contributed by atoms with Gasteiger partial charge in [0, 0.05) is 66.2 Å². The van der Waals surface area contributed by atoms with E-state index in [1.807, 2.05) is 162 Å². The fraction of sp³-hybridized carbons (Fsp3) is 0.0400. The van der Waals surface area contributed by atoms with Crippen LogP contribution in [0.4, 0.5) is 0 Å². The van der Waals surface area contributed by atoms with Gasteiger partial charge in [0.1, 0.15) is 0 Å². The quantitative estimate of drug-likeness (QED) is 0.133. The normalized spacial score (nSPS) is 13.3. The summed E-state index contributed by atoms with van der Waals surface area (Å²) >= 11 is 0. The van der Waals surface area contributed by atoms with Gasteiger partial charge >= 0.3 is 0 Å². The zero-order valence-electron chi connectivity index (χ0n) is 34.5. The number of pyridine rings is 2. The van der Waals surface area contributed by atoms with Crippen LogP contribution in [0.2, 0.25) is 13.6 Å². The summed E-state index contributed by atoms with van der Waals surface area (Å²) in [6.07, 6.45) is 4.89. The molecule has 0 aliphatic rings. The minimum Gasteiger partial charge on any atom is -0.309 e. The predicted octanol–water partition coefficient (Wildman–Crippen LogP) is 4.91. The van der Waals surface area contributed by atoms with Crippen molar-refractivity contribution in [1.29, 1.82) is 0 Å². The summed E-state index contributed by atoms with van der Waals surface area (Å²) < 4.78 is 34.2. The molecule has 0 fully saturated rings. The number of rotatable bonds is 11. The summed E-state index contributed by atoms with van der Waals surface area (Å²) in [7, 11) is -7.00. The molecule has 0 bridgehead atoms. The standard InChI is InChI=1S/C50H39B2N7O2P2/c1-51(48-23-9-11-29-53-48)36-15-13-21-40(31-36)62(60,38-17-5-3-6-18-38)42-25-27-44-45-28-26-43(34-47(45)59(46(44)33-42)50-57-55-35-56-58-50)63(61,39-19-7-4-8-20-39)41-22-14-16-37(32-41)52(2)49-24-10-12-30-54-49/h3-35H,1-2H3. The van der Waals surface area contributed by atoms with E-state index in [9.17, 15) is 0 Å². The highest BCUT2D eigenvalue weighted by Gasteiger charge is 2.34. The highest BCUT2D eigenvalue weighted by Crippen LogP contribution is 2.46. The third-order valence-corrected chi connectivity index (χ3v) is 18.1.